The Morgan fingerprint density at radius 1 is 1.20 bits per heavy atom. The van der Waals surface area contributed by atoms with Gasteiger partial charge in [-0.05, 0) is 56.7 Å². The normalized spacial score (nSPS) is 12.8. The van der Waals surface area contributed by atoms with Crippen molar-refractivity contribution in [1.29, 1.82) is 0 Å². The molecule has 0 aromatic heterocycles. The lowest BCUT2D eigenvalue weighted by Crippen LogP contribution is -2.30. The number of hydrogen-bond acceptors (Lipinski definition) is 2. The van der Waals surface area contributed by atoms with Crippen molar-refractivity contribution in [2.45, 2.75) is 46.1 Å². The van der Waals surface area contributed by atoms with Crippen molar-refractivity contribution in [2.24, 2.45) is 0 Å². The lowest BCUT2D eigenvalue weighted by Gasteiger charge is -2.24. The van der Waals surface area contributed by atoms with Gasteiger partial charge in [-0.25, -0.2) is 0 Å². The molecule has 0 radical (unpaired) electrons. The Balaban J connectivity index is 2.58. The van der Waals surface area contributed by atoms with Gasteiger partial charge < -0.3 is 10.2 Å². The Morgan fingerprint density at radius 2 is 2.00 bits per heavy atom. The predicted molar refractivity (Wildman–Crippen MR) is 89.5 cm³/mol. The van der Waals surface area contributed by atoms with Crippen LogP contribution in [0.5, 0.6) is 0 Å². The summed E-state index contributed by atoms with van der Waals surface area (Å²) in [6, 6.07) is 8.62. The SMILES string of the molecule is CCCCN(CC)CCC(NCC)c1cccc(Cl)c1. The van der Waals surface area contributed by atoms with Crippen LogP contribution in [0, 0.1) is 0 Å². The van der Waals surface area contributed by atoms with E-state index in [-0.39, 0.29) is 0 Å². The van der Waals surface area contributed by atoms with E-state index in [1.54, 1.807) is 0 Å². The fourth-order valence-corrected chi connectivity index (χ4v) is 2.68. The molecule has 1 N–H and O–H groups in total. The lowest BCUT2D eigenvalue weighted by atomic mass is 10.0. The van der Waals surface area contributed by atoms with Crippen LogP contribution in [0.3, 0.4) is 0 Å². The van der Waals surface area contributed by atoms with E-state index in [1.807, 2.05) is 12.1 Å². The average Bonchev–Trinajstić information content (AvgIpc) is 2.46. The molecule has 0 fully saturated rings. The van der Waals surface area contributed by atoms with Gasteiger partial charge in [0.1, 0.15) is 0 Å². The molecule has 1 atom stereocenters. The zero-order valence-electron chi connectivity index (χ0n) is 13.2. The Hall–Kier alpha value is -0.570. The fourth-order valence-electron chi connectivity index (χ4n) is 2.48. The maximum atomic E-state index is 6.11. The van der Waals surface area contributed by atoms with Gasteiger partial charge in [-0.3, -0.25) is 0 Å². The van der Waals surface area contributed by atoms with Crippen molar-refractivity contribution < 1.29 is 0 Å². The van der Waals surface area contributed by atoms with Crippen LogP contribution >= 0.6 is 11.6 Å². The third-order valence-electron chi connectivity index (χ3n) is 3.71. The predicted octanol–water partition coefficient (Wildman–Crippen LogP) is 4.50. The molecule has 114 valence electrons. The van der Waals surface area contributed by atoms with Crippen LogP contribution in [-0.4, -0.2) is 31.1 Å². The second kappa shape index (κ2) is 10.2. The zero-order valence-corrected chi connectivity index (χ0v) is 13.9. The van der Waals surface area contributed by atoms with E-state index < -0.39 is 0 Å². The summed E-state index contributed by atoms with van der Waals surface area (Å²) in [6.45, 7) is 11.1. The smallest absolute Gasteiger partial charge is 0.0409 e. The van der Waals surface area contributed by atoms with Gasteiger partial charge in [0.2, 0.25) is 0 Å². The van der Waals surface area contributed by atoms with Crippen LogP contribution < -0.4 is 5.32 Å². The molecule has 0 amide bonds. The van der Waals surface area contributed by atoms with Crippen LogP contribution in [-0.2, 0) is 0 Å². The molecule has 1 aromatic carbocycles. The highest BCUT2D eigenvalue weighted by Gasteiger charge is 2.12. The highest BCUT2D eigenvalue weighted by atomic mass is 35.5. The third kappa shape index (κ3) is 6.25. The molecule has 20 heavy (non-hydrogen) atoms. The Morgan fingerprint density at radius 3 is 2.60 bits per heavy atom. The summed E-state index contributed by atoms with van der Waals surface area (Å²) >= 11 is 6.11. The highest BCUT2D eigenvalue weighted by molar-refractivity contribution is 6.30. The Kier molecular flexibility index (Phi) is 8.92. The third-order valence-corrected chi connectivity index (χ3v) is 3.95. The van der Waals surface area contributed by atoms with Crippen molar-refractivity contribution in [2.75, 3.05) is 26.2 Å². The van der Waals surface area contributed by atoms with E-state index in [0.29, 0.717) is 6.04 Å². The molecule has 1 rings (SSSR count). The molecular weight excluding hydrogens is 268 g/mol. The molecule has 0 heterocycles. The first-order valence-electron chi connectivity index (χ1n) is 7.92. The van der Waals surface area contributed by atoms with Crippen molar-refractivity contribution >= 4 is 11.6 Å². The molecule has 0 aliphatic rings. The van der Waals surface area contributed by atoms with Crippen LogP contribution in [0.4, 0.5) is 0 Å². The van der Waals surface area contributed by atoms with Gasteiger partial charge in [0.05, 0.1) is 0 Å². The number of nitrogens with zero attached hydrogens (tertiary/aromatic N) is 1. The second-order valence-electron chi connectivity index (χ2n) is 5.24. The largest absolute Gasteiger partial charge is 0.310 e. The van der Waals surface area contributed by atoms with Crippen LogP contribution in [0.25, 0.3) is 0 Å². The molecule has 2 nitrogen and oxygen atoms in total. The maximum absolute atomic E-state index is 6.11. The minimum absolute atomic E-state index is 0.398. The highest BCUT2D eigenvalue weighted by Crippen LogP contribution is 2.21. The average molecular weight is 297 g/mol. The number of nitrogens with one attached hydrogen (secondary N) is 1. The quantitative estimate of drug-likeness (QED) is 0.684. The summed E-state index contributed by atoms with van der Waals surface area (Å²) in [5, 5.41) is 4.40. The van der Waals surface area contributed by atoms with Crippen molar-refractivity contribution in [3.8, 4) is 0 Å². The summed E-state index contributed by atoms with van der Waals surface area (Å²) in [5.74, 6) is 0. The molecule has 0 aliphatic heterocycles. The first kappa shape index (κ1) is 17.5. The minimum atomic E-state index is 0.398. The van der Waals surface area contributed by atoms with Gasteiger partial charge in [-0.15, -0.1) is 0 Å². The van der Waals surface area contributed by atoms with E-state index in [0.717, 1.165) is 31.1 Å². The molecule has 1 aromatic rings. The molecule has 0 bridgehead atoms. The second-order valence-corrected chi connectivity index (χ2v) is 5.68. The van der Waals surface area contributed by atoms with E-state index in [1.165, 1.54) is 24.9 Å². The van der Waals surface area contributed by atoms with Gasteiger partial charge in [0.15, 0.2) is 0 Å². The van der Waals surface area contributed by atoms with Crippen LogP contribution in [0.1, 0.15) is 51.6 Å². The summed E-state index contributed by atoms with van der Waals surface area (Å²) in [7, 11) is 0. The number of unbranched alkanes of at least 4 members (excludes halogenated alkanes) is 1. The van der Waals surface area contributed by atoms with Gasteiger partial charge in [0, 0.05) is 11.1 Å². The van der Waals surface area contributed by atoms with Gasteiger partial charge in [-0.2, -0.15) is 0 Å². The van der Waals surface area contributed by atoms with Crippen molar-refractivity contribution in [3.63, 3.8) is 0 Å². The minimum Gasteiger partial charge on any atom is -0.310 e. The van der Waals surface area contributed by atoms with Gasteiger partial charge in [0.25, 0.3) is 0 Å². The van der Waals surface area contributed by atoms with Gasteiger partial charge in [-0.1, -0.05) is 50.9 Å². The number of rotatable bonds is 10. The molecule has 0 spiro atoms. The standard InChI is InChI=1S/C17H29ClN2/c1-4-7-12-20(6-3)13-11-17(19-5-2)15-9-8-10-16(18)14-15/h8-10,14,17,19H,4-7,11-13H2,1-3H3. The Bertz CT molecular complexity index is 368. The van der Waals surface area contributed by atoms with Crippen LogP contribution in [0.2, 0.25) is 5.02 Å². The number of benzene rings is 1. The monoisotopic (exact) mass is 296 g/mol. The Labute approximate surface area is 129 Å². The van der Waals surface area contributed by atoms with E-state index >= 15 is 0 Å². The lowest BCUT2D eigenvalue weighted by molar-refractivity contribution is 0.265. The molecular formula is C17H29ClN2. The van der Waals surface area contributed by atoms with E-state index in [2.05, 4.69) is 43.1 Å². The topological polar surface area (TPSA) is 15.3 Å². The summed E-state index contributed by atoms with van der Waals surface area (Å²) in [5.41, 5.74) is 1.30. The van der Waals surface area contributed by atoms with Gasteiger partial charge >= 0.3 is 0 Å². The zero-order chi connectivity index (χ0) is 14.8. The summed E-state index contributed by atoms with van der Waals surface area (Å²) < 4.78 is 0. The molecule has 0 saturated heterocycles. The molecule has 0 saturated carbocycles. The molecule has 0 aliphatic carbocycles. The first-order valence-corrected chi connectivity index (χ1v) is 8.30. The molecule has 3 heteroatoms. The molecule has 1 unspecified atom stereocenters. The van der Waals surface area contributed by atoms with Crippen molar-refractivity contribution in [3.05, 3.63) is 34.9 Å². The summed E-state index contributed by atoms with van der Waals surface area (Å²) in [6.07, 6.45) is 3.68. The van der Waals surface area contributed by atoms with E-state index in [4.69, 9.17) is 11.6 Å². The van der Waals surface area contributed by atoms with E-state index in [9.17, 15) is 0 Å². The van der Waals surface area contributed by atoms with Crippen LogP contribution in [0.15, 0.2) is 24.3 Å². The fraction of sp³-hybridized carbons (Fsp3) is 0.647. The number of halogens is 1. The maximum Gasteiger partial charge on any atom is 0.0409 e. The first-order chi connectivity index (χ1) is 9.71. The summed E-state index contributed by atoms with van der Waals surface area (Å²) in [4.78, 5) is 2.54. The number of hydrogen-bond donors (Lipinski definition) is 1. The van der Waals surface area contributed by atoms with Crippen molar-refractivity contribution in [1.82, 2.24) is 10.2 Å².